The van der Waals surface area contributed by atoms with Gasteiger partial charge in [0.15, 0.2) is 6.61 Å². The van der Waals surface area contributed by atoms with E-state index in [1.54, 1.807) is 19.2 Å². The minimum Gasteiger partial charge on any atom is -0.494 e. The lowest BCUT2D eigenvalue weighted by molar-refractivity contribution is -0.154. The lowest BCUT2D eigenvalue weighted by atomic mass is 10.2. The van der Waals surface area contributed by atoms with E-state index in [0.29, 0.717) is 26.0 Å². The van der Waals surface area contributed by atoms with Crippen molar-refractivity contribution in [3.8, 4) is 5.75 Å². The summed E-state index contributed by atoms with van der Waals surface area (Å²) in [6.45, 7) is 4.50. The third-order valence-electron chi connectivity index (χ3n) is 5.52. The van der Waals surface area contributed by atoms with Gasteiger partial charge in [0.1, 0.15) is 11.8 Å². The number of nitrogens with zero attached hydrogens (tertiary/aromatic N) is 2. The Morgan fingerprint density at radius 3 is 2.39 bits per heavy atom. The molecule has 1 aliphatic rings. The van der Waals surface area contributed by atoms with Gasteiger partial charge >= 0.3 is 5.97 Å². The highest BCUT2D eigenvalue weighted by atomic mass is 32.2. The molecular weight excluding hydrogens is 444 g/mol. The number of carbonyl (C=O) groups excluding carboxylic acids is 2. The zero-order valence-electron chi connectivity index (χ0n) is 19.2. The van der Waals surface area contributed by atoms with E-state index in [2.05, 4.69) is 0 Å². The first-order chi connectivity index (χ1) is 15.7. The second-order valence-electron chi connectivity index (χ2n) is 8.02. The minimum atomic E-state index is -3.83. The lowest BCUT2D eigenvalue weighted by Crippen LogP contribution is -2.42. The van der Waals surface area contributed by atoms with Crippen molar-refractivity contribution in [1.29, 1.82) is 0 Å². The number of rotatable bonds is 9. The molecule has 2 aromatic carbocycles. The van der Waals surface area contributed by atoms with E-state index < -0.39 is 28.6 Å². The monoisotopic (exact) mass is 474 g/mol. The van der Waals surface area contributed by atoms with Gasteiger partial charge in [0.25, 0.3) is 5.91 Å². The van der Waals surface area contributed by atoms with Crippen LogP contribution in [-0.2, 0) is 30.9 Å². The molecule has 0 bridgehead atoms. The molecule has 178 valence electrons. The summed E-state index contributed by atoms with van der Waals surface area (Å²) in [5, 5.41) is 0. The highest BCUT2D eigenvalue weighted by Crippen LogP contribution is 2.27. The minimum absolute atomic E-state index is 0.138. The van der Waals surface area contributed by atoms with Crippen molar-refractivity contribution in [3.05, 3.63) is 59.7 Å². The van der Waals surface area contributed by atoms with E-state index >= 15 is 0 Å². The van der Waals surface area contributed by atoms with Gasteiger partial charge < -0.3 is 14.4 Å². The molecule has 1 fully saturated rings. The Bertz CT molecular complexity index is 1070. The van der Waals surface area contributed by atoms with Crippen molar-refractivity contribution in [2.75, 3.05) is 26.8 Å². The van der Waals surface area contributed by atoms with Gasteiger partial charge in [-0.2, -0.15) is 4.31 Å². The van der Waals surface area contributed by atoms with Crippen molar-refractivity contribution in [1.82, 2.24) is 9.21 Å². The van der Waals surface area contributed by atoms with Gasteiger partial charge in [0.05, 0.1) is 11.5 Å². The van der Waals surface area contributed by atoms with E-state index in [0.717, 1.165) is 16.9 Å². The van der Waals surface area contributed by atoms with E-state index in [-0.39, 0.29) is 17.3 Å². The van der Waals surface area contributed by atoms with Gasteiger partial charge in [-0.1, -0.05) is 29.8 Å². The van der Waals surface area contributed by atoms with Crippen LogP contribution in [0.1, 0.15) is 30.9 Å². The Morgan fingerprint density at radius 2 is 1.76 bits per heavy atom. The van der Waals surface area contributed by atoms with Crippen molar-refractivity contribution in [3.63, 3.8) is 0 Å². The highest BCUT2D eigenvalue weighted by molar-refractivity contribution is 7.89. The van der Waals surface area contributed by atoms with Gasteiger partial charge in [-0.3, -0.25) is 9.59 Å². The number of benzene rings is 2. The molecule has 1 atom stereocenters. The average Bonchev–Trinajstić information content (AvgIpc) is 3.30. The predicted octanol–water partition coefficient (Wildman–Crippen LogP) is 2.75. The Balaban J connectivity index is 1.56. The third-order valence-corrected chi connectivity index (χ3v) is 7.44. The van der Waals surface area contributed by atoms with Crippen LogP contribution in [0.2, 0.25) is 0 Å². The van der Waals surface area contributed by atoms with E-state index in [1.165, 1.54) is 21.3 Å². The molecule has 0 aromatic heterocycles. The van der Waals surface area contributed by atoms with Gasteiger partial charge in [0.2, 0.25) is 10.0 Å². The predicted molar refractivity (Wildman–Crippen MR) is 123 cm³/mol. The topological polar surface area (TPSA) is 93.2 Å². The molecule has 0 aliphatic carbocycles. The van der Waals surface area contributed by atoms with Crippen molar-refractivity contribution in [2.24, 2.45) is 0 Å². The Hall–Kier alpha value is -2.91. The van der Waals surface area contributed by atoms with Gasteiger partial charge in [0, 0.05) is 20.1 Å². The molecule has 1 aliphatic heterocycles. The number of carbonyl (C=O) groups is 2. The zero-order chi connectivity index (χ0) is 24.0. The smallest absolute Gasteiger partial charge is 0.324 e. The van der Waals surface area contributed by atoms with Crippen LogP contribution in [0.3, 0.4) is 0 Å². The molecule has 2 aromatic rings. The summed E-state index contributed by atoms with van der Waals surface area (Å²) in [5.41, 5.74) is 1.85. The molecule has 1 heterocycles. The summed E-state index contributed by atoms with van der Waals surface area (Å²) in [5.74, 6) is -0.319. The number of hydrogen-bond acceptors (Lipinski definition) is 6. The second kappa shape index (κ2) is 10.8. The first kappa shape index (κ1) is 24.7. The van der Waals surface area contributed by atoms with Gasteiger partial charge in [-0.25, -0.2) is 8.42 Å². The number of esters is 1. The fourth-order valence-electron chi connectivity index (χ4n) is 3.67. The van der Waals surface area contributed by atoms with E-state index in [1.807, 2.05) is 38.1 Å². The fraction of sp³-hybridized carbons (Fsp3) is 0.417. The van der Waals surface area contributed by atoms with Gasteiger partial charge in [-0.15, -0.1) is 0 Å². The van der Waals surface area contributed by atoms with Crippen molar-refractivity contribution < 1.29 is 27.5 Å². The van der Waals surface area contributed by atoms with Crippen LogP contribution in [0.25, 0.3) is 0 Å². The normalized spacial score (nSPS) is 16.4. The first-order valence-corrected chi connectivity index (χ1v) is 12.4. The van der Waals surface area contributed by atoms with Gasteiger partial charge in [-0.05, 0) is 56.5 Å². The molecule has 8 nitrogen and oxygen atoms in total. The second-order valence-corrected chi connectivity index (χ2v) is 9.91. The molecule has 1 amide bonds. The summed E-state index contributed by atoms with van der Waals surface area (Å²) in [6.07, 6.45) is 0.913. The van der Waals surface area contributed by atoms with Crippen LogP contribution in [0.5, 0.6) is 5.75 Å². The molecule has 1 saturated heterocycles. The standard InChI is InChI=1S/C24H30N2O6S/c1-4-31-20-11-9-19(10-12-20)16-25(3)23(27)17-32-24(28)22-6-5-15-26(22)33(29,30)21-13-7-18(2)8-14-21/h7-14,22H,4-6,15-17H2,1-3H3. The van der Waals surface area contributed by atoms with Crippen LogP contribution in [0.4, 0.5) is 0 Å². The largest absolute Gasteiger partial charge is 0.494 e. The lowest BCUT2D eigenvalue weighted by Gasteiger charge is -2.23. The summed E-state index contributed by atoms with van der Waals surface area (Å²) in [6, 6.07) is 13.0. The fourth-order valence-corrected chi connectivity index (χ4v) is 5.31. The zero-order valence-corrected chi connectivity index (χ0v) is 20.0. The third kappa shape index (κ3) is 6.11. The van der Waals surface area contributed by atoms with E-state index in [9.17, 15) is 18.0 Å². The maximum Gasteiger partial charge on any atom is 0.324 e. The molecule has 33 heavy (non-hydrogen) atoms. The number of ether oxygens (including phenoxy) is 2. The summed E-state index contributed by atoms with van der Waals surface area (Å²) in [4.78, 5) is 26.7. The number of amides is 1. The average molecular weight is 475 g/mol. The maximum atomic E-state index is 13.0. The summed E-state index contributed by atoms with van der Waals surface area (Å²) in [7, 11) is -2.20. The Morgan fingerprint density at radius 1 is 1.09 bits per heavy atom. The molecule has 0 spiro atoms. The number of sulfonamides is 1. The first-order valence-electron chi connectivity index (χ1n) is 10.9. The van der Waals surface area contributed by atoms with Crippen LogP contribution in [0, 0.1) is 6.92 Å². The van der Waals surface area contributed by atoms with Crippen LogP contribution in [0.15, 0.2) is 53.4 Å². The molecule has 9 heteroatoms. The van der Waals surface area contributed by atoms with Crippen molar-refractivity contribution in [2.45, 2.75) is 44.2 Å². The highest BCUT2D eigenvalue weighted by Gasteiger charge is 2.40. The van der Waals surface area contributed by atoms with Crippen LogP contribution < -0.4 is 4.74 Å². The number of hydrogen-bond donors (Lipinski definition) is 0. The summed E-state index contributed by atoms with van der Waals surface area (Å²) < 4.78 is 37.8. The Kier molecular flexibility index (Phi) is 8.10. The quantitative estimate of drug-likeness (QED) is 0.519. The maximum absolute atomic E-state index is 13.0. The summed E-state index contributed by atoms with van der Waals surface area (Å²) >= 11 is 0. The molecule has 0 radical (unpaired) electrons. The van der Waals surface area contributed by atoms with Crippen molar-refractivity contribution >= 4 is 21.9 Å². The Labute approximate surface area is 195 Å². The van der Waals surface area contributed by atoms with Crippen LogP contribution >= 0.6 is 0 Å². The number of aryl methyl sites for hydroxylation is 1. The van der Waals surface area contributed by atoms with E-state index in [4.69, 9.17) is 9.47 Å². The molecule has 3 rings (SSSR count). The molecular formula is C24H30N2O6S. The molecule has 0 saturated carbocycles. The molecule has 0 N–H and O–H groups in total. The SMILES string of the molecule is CCOc1ccc(CN(C)C(=O)COC(=O)C2CCCN2S(=O)(=O)c2ccc(C)cc2)cc1. The number of likely N-dealkylation sites (N-methyl/N-ethyl adjacent to an activating group) is 1. The molecule has 1 unspecified atom stereocenters. The van der Waals surface area contributed by atoms with Crippen LogP contribution in [-0.4, -0.2) is 62.3 Å².